The number of aromatic nitrogens is 2. The van der Waals surface area contributed by atoms with Crippen molar-refractivity contribution in [2.75, 3.05) is 0 Å². The number of nitrogens with zero attached hydrogens (tertiary/aromatic N) is 2. The lowest BCUT2D eigenvalue weighted by Gasteiger charge is -2.12. The van der Waals surface area contributed by atoms with Crippen LogP contribution in [0.1, 0.15) is 16.8 Å². The molecule has 3 rings (SSSR count). The second kappa shape index (κ2) is 7.51. The van der Waals surface area contributed by atoms with E-state index in [4.69, 9.17) is 4.74 Å². The molecule has 2 heterocycles. The molecule has 0 aliphatic rings. The molecular weight excluding hydrogens is 286 g/mol. The van der Waals surface area contributed by atoms with Crippen LogP contribution in [0.25, 0.3) is 0 Å². The average molecular weight is 305 g/mol. The van der Waals surface area contributed by atoms with Crippen molar-refractivity contribution in [3.05, 3.63) is 83.8 Å². The van der Waals surface area contributed by atoms with Gasteiger partial charge in [-0.15, -0.1) is 0 Å². The molecule has 0 amide bonds. The van der Waals surface area contributed by atoms with Gasteiger partial charge in [-0.25, -0.2) is 4.98 Å². The largest absolute Gasteiger partial charge is 0.438 e. The molecule has 0 aliphatic heterocycles. The van der Waals surface area contributed by atoms with E-state index in [1.807, 2.05) is 61.5 Å². The topological polar surface area (TPSA) is 47.0 Å². The van der Waals surface area contributed by atoms with Gasteiger partial charge >= 0.3 is 0 Å². The van der Waals surface area contributed by atoms with Crippen LogP contribution >= 0.6 is 0 Å². The fraction of sp³-hybridized carbons (Fsp3) is 0.158. The number of nitrogens with one attached hydrogen (secondary N) is 1. The van der Waals surface area contributed by atoms with Gasteiger partial charge in [0.1, 0.15) is 5.75 Å². The van der Waals surface area contributed by atoms with Crippen molar-refractivity contribution in [1.82, 2.24) is 15.3 Å². The Balaban J connectivity index is 1.67. The summed E-state index contributed by atoms with van der Waals surface area (Å²) < 4.78 is 5.98. The SMILES string of the molecule is Cc1ccccc1Oc1ncccc1CNCc1ccccn1. The van der Waals surface area contributed by atoms with Gasteiger partial charge in [-0.3, -0.25) is 4.98 Å². The minimum atomic E-state index is 0.635. The number of ether oxygens (including phenoxy) is 1. The predicted molar refractivity (Wildman–Crippen MR) is 90.3 cm³/mol. The number of rotatable bonds is 6. The Kier molecular flexibility index (Phi) is 4.96. The minimum absolute atomic E-state index is 0.635. The molecule has 0 radical (unpaired) electrons. The third kappa shape index (κ3) is 4.14. The Hall–Kier alpha value is -2.72. The highest BCUT2D eigenvalue weighted by Gasteiger charge is 2.07. The third-order valence-corrected chi connectivity index (χ3v) is 3.50. The lowest BCUT2D eigenvalue weighted by atomic mass is 10.2. The highest BCUT2D eigenvalue weighted by molar-refractivity contribution is 5.37. The molecule has 0 saturated heterocycles. The molecule has 3 aromatic rings. The second-order valence-electron chi connectivity index (χ2n) is 5.26. The van der Waals surface area contributed by atoms with E-state index < -0.39 is 0 Å². The maximum atomic E-state index is 5.98. The van der Waals surface area contributed by atoms with Crippen molar-refractivity contribution in [2.24, 2.45) is 0 Å². The van der Waals surface area contributed by atoms with Crippen LogP contribution in [-0.2, 0) is 13.1 Å². The molecule has 0 bridgehead atoms. The van der Waals surface area contributed by atoms with Gasteiger partial charge < -0.3 is 10.1 Å². The van der Waals surface area contributed by atoms with E-state index in [-0.39, 0.29) is 0 Å². The van der Waals surface area contributed by atoms with Gasteiger partial charge in [0.2, 0.25) is 5.88 Å². The van der Waals surface area contributed by atoms with Crippen LogP contribution in [0.5, 0.6) is 11.6 Å². The number of pyridine rings is 2. The van der Waals surface area contributed by atoms with Crippen molar-refractivity contribution in [1.29, 1.82) is 0 Å². The van der Waals surface area contributed by atoms with E-state index in [0.29, 0.717) is 19.0 Å². The first-order valence-electron chi connectivity index (χ1n) is 7.61. The molecule has 0 fully saturated rings. The number of aryl methyl sites for hydroxylation is 1. The second-order valence-corrected chi connectivity index (χ2v) is 5.26. The quantitative estimate of drug-likeness (QED) is 0.751. The third-order valence-electron chi connectivity index (χ3n) is 3.50. The molecule has 0 atom stereocenters. The zero-order valence-corrected chi connectivity index (χ0v) is 13.1. The molecule has 2 aromatic heterocycles. The van der Waals surface area contributed by atoms with Crippen LogP contribution in [0.3, 0.4) is 0 Å². The Morgan fingerprint density at radius 3 is 2.52 bits per heavy atom. The average Bonchev–Trinajstić information content (AvgIpc) is 2.59. The van der Waals surface area contributed by atoms with E-state index >= 15 is 0 Å². The summed E-state index contributed by atoms with van der Waals surface area (Å²) in [6, 6.07) is 17.8. The minimum Gasteiger partial charge on any atom is -0.438 e. The van der Waals surface area contributed by atoms with Crippen LogP contribution in [0.4, 0.5) is 0 Å². The summed E-state index contributed by atoms with van der Waals surface area (Å²) in [6.07, 6.45) is 3.55. The first-order chi connectivity index (χ1) is 11.3. The van der Waals surface area contributed by atoms with Gasteiger partial charge in [0.25, 0.3) is 0 Å². The summed E-state index contributed by atoms with van der Waals surface area (Å²) in [5.41, 5.74) is 3.12. The Morgan fingerprint density at radius 2 is 1.70 bits per heavy atom. The van der Waals surface area contributed by atoms with E-state index in [9.17, 15) is 0 Å². The zero-order valence-electron chi connectivity index (χ0n) is 13.1. The molecule has 23 heavy (non-hydrogen) atoms. The zero-order chi connectivity index (χ0) is 15.9. The van der Waals surface area contributed by atoms with Crippen molar-refractivity contribution < 1.29 is 4.74 Å². The van der Waals surface area contributed by atoms with Crippen LogP contribution < -0.4 is 10.1 Å². The molecule has 1 aromatic carbocycles. The molecule has 4 heteroatoms. The number of hydrogen-bond acceptors (Lipinski definition) is 4. The Bertz CT molecular complexity index is 759. The standard InChI is InChI=1S/C19H19N3O/c1-15-7-2-3-10-18(15)23-19-16(8-6-12-22-19)13-20-14-17-9-4-5-11-21-17/h2-12,20H,13-14H2,1H3. The molecule has 1 N–H and O–H groups in total. The van der Waals surface area contributed by atoms with Crippen LogP contribution in [0.2, 0.25) is 0 Å². The molecular formula is C19H19N3O. The summed E-state index contributed by atoms with van der Waals surface area (Å²) in [7, 11) is 0. The van der Waals surface area contributed by atoms with Crippen molar-refractivity contribution >= 4 is 0 Å². The molecule has 4 nitrogen and oxygen atoms in total. The van der Waals surface area contributed by atoms with Gasteiger partial charge in [-0.1, -0.05) is 30.3 Å². The predicted octanol–water partition coefficient (Wildman–Crippen LogP) is 3.87. The molecule has 0 saturated carbocycles. The van der Waals surface area contributed by atoms with Crippen molar-refractivity contribution in [3.8, 4) is 11.6 Å². The summed E-state index contributed by atoms with van der Waals surface area (Å²) in [5.74, 6) is 1.47. The van der Waals surface area contributed by atoms with E-state index in [1.165, 1.54) is 0 Å². The van der Waals surface area contributed by atoms with E-state index in [1.54, 1.807) is 12.4 Å². The summed E-state index contributed by atoms with van der Waals surface area (Å²) in [5, 5.41) is 3.38. The summed E-state index contributed by atoms with van der Waals surface area (Å²) in [4.78, 5) is 8.67. The lowest BCUT2D eigenvalue weighted by molar-refractivity contribution is 0.449. The molecule has 0 spiro atoms. The van der Waals surface area contributed by atoms with Gasteiger partial charge in [-0.2, -0.15) is 0 Å². The lowest BCUT2D eigenvalue weighted by Crippen LogP contribution is -2.14. The highest BCUT2D eigenvalue weighted by Crippen LogP contribution is 2.25. The molecule has 0 unspecified atom stereocenters. The Labute approximate surface area is 136 Å². The van der Waals surface area contributed by atoms with E-state index in [2.05, 4.69) is 15.3 Å². The van der Waals surface area contributed by atoms with Gasteiger partial charge in [0.05, 0.1) is 5.69 Å². The molecule has 116 valence electrons. The van der Waals surface area contributed by atoms with Crippen molar-refractivity contribution in [3.63, 3.8) is 0 Å². The number of para-hydroxylation sites is 1. The monoisotopic (exact) mass is 305 g/mol. The van der Waals surface area contributed by atoms with Crippen LogP contribution in [-0.4, -0.2) is 9.97 Å². The maximum absolute atomic E-state index is 5.98. The van der Waals surface area contributed by atoms with Crippen LogP contribution in [0, 0.1) is 6.92 Å². The smallest absolute Gasteiger partial charge is 0.223 e. The number of hydrogen-bond donors (Lipinski definition) is 1. The van der Waals surface area contributed by atoms with Gasteiger partial charge in [0.15, 0.2) is 0 Å². The molecule has 0 aliphatic carbocycles. The maximum Gasteiger partial charge on any atom is 0.223 e. The fourth-order valence-electron chi connectivity index (χ4n) is 2.25. The summed E-state index contributed by atoms with van der Waals surface area (Å²) in [6.45, 7) is 3.41. The Morgan fingerprint density at radius 1 is 0.870 bits per heavy atom. The van der Waals surface area contributed by atoms with Crippen molar-refractivity contribution in [2.45, 2.75) is 20.0 Å². The number of benzene rings is 1. The first-order valence-corrected chi connectivity index (χ1v) is 7.61. The van der Waals surface area contributed by atoms with Gasteiger partial charge in [-0.05, 0) is 36.8 Å². The van der Waals surface area contributed by atoms with Gasteiger partial charge in [0, 0.05) is 31.0 Å². The van der Waals surface area contributed by atoms with E-state index in [0.717, 1.165) is 22.6 Å². The summed E-state index contributed by atoms with van der Waals surface area (Å²) >= 11 is 0. The highest BCUT2D eigenvalue weighted by atomic mass is 16.5. The fourth-order valence-corrected chi connectivity index (χ4v) is 2.25. The van der Waals surface area contributed by atoms with Crippen LogP contribution in [0.15, 0.2) is 67.0 Å². The normalized spacial score (nSPS) is 10.5. The first kappa shape index (κ1) is 15.2.